The Balaban J connectivity index is 1.08. The van der Waals surface area contributed by atoms with E-state index >= 15 is 0 Å². The second-order valence-electron chi connectivity index (χ2n) is 18.4. The minimum atomic E-state index is -1.08. The Hall–Kier alpha value is -5.88. The molecule has 2 bridgehead atoms. The van der Waals surface area contributed by atoms with Gasteiger partial charge in [0, 0.05) is 51.8 Å². The summed E-state index contributed by atoms with van der Waals surface area (Å²) in [7, 11) is 3.55. The number of nitriles is 1. The SMILES string of the molecule is C=CCOc1c(C)c2c(c3c1CC1[C@H]4c5c(cc(C)c(OC)c5O)C[C@H]([C@H](C#N)N1[C@H]3COC(=O)[C@@H](CSCC1c3ccccc3-c3ccccc31)NC(=O)OC(C)(C)C)N4C)OCO2. The molecule has 4 aromatic rings. The van der Waals surface area contributed by atoms with Crippen molar-refractivity contribution in [1.29, 1.82) is 5.26 Å². The number of phenols is 1. The van der Waals surface area contributed by atoms with Gasteiger partial charge in [-0.15, -0.1) is 0 Å². The van der Waals surface area contributed by atoms with Crippen LogP contribution >= 0.6 is 11.8 Å². The highest BCUT2D eigenvalue weighted by atomic mass is 32.2. The average molecular weight is 901 g/mol. The van der Waals surface area contributed by atoms with Gasteiger partial charge in [0.25, 0.3) is 0 Å². The van der Waals surface area contributed by atoms with Gasteiger partial charge in [-0.1, -0.05) is 67.3 Å². The van der Waals surface area contributed by atoms with E-state index in [1.807, 2.05) is 45.2 Å². The minimum Gasteiger partial charge on any atom is -0.504 e. The first-order valence-corrected chi connectivity index (χ1v) is 23.3. The van der Waals surface area contributed by atoms with E-state index in [-0.39, 0.29) is 43.5 Å². The summed E-state index contributed by atoms with van der Waals surface area (Å²) >= 11 is 1.56. The number of aryl methyl sites for hydroxylation is 1. The number of hydrogen-bond acceptors (Lipinski definition) is 13. The van der Waals surface area contributed by atoms with Crippen molar-refractivity contribution >= 4 is 23.8 Å². The van der Waals surface area contributed by atoms with Gasteiger partial charge in [-0.05, 0) is 87.9 Å². The second-order valence-corrected chi connectivity index (χ2v) is 19.5. The van der Waals surface area contributed by atoms with Crippen LogP contribution in [0.15, 0.2) is 67.3 Å². The fourth-order valence-corrected chi connectivity index (χ4v) is 12.1. The quantitative estimate of drug-likeness (QED) is 0.104. The molecular weight excluding hydrogens is 845 g/mol. The highest BCUT2D eigenvalue weighted by Crippen LogP contribution is 2.58. The lowest BCUT2D eigenvalue weighted by Gasteiger charge is -2.59. The summed E-state index contributed by atoms with van der Waals surface area (Å²) in [5, 5.41) is 26.0. The van der Waals surface area contributed by atoms with E-state index in [2.05, 4.69) is 58.1 Å². The molecule has 1 fully saturated rings. The third-order valence-electron chi connectivity index (χ3n) is 13.5. The second kappa shape index (κ2) is 17.5. The van der Waals surface area contributed by atoms with Gasteiger partial charge in [-0.25, -0.2) is 9.59 Å². The van der Waals surface area contributed by atoms with Gasteiger partial charge in [-0.2, -0.15) is 17.0 Å². The largest absolute Gasteiger partial charge is 0.504 e. The van der Waals surface area contributed by atoms with E-state index < -0.39 is 47.9 Å². The molecule has 0 aromatic heterocycles. The molecule has 1 aliphatic carbocycles. The molecule has 0 radical (unpaired) electrons. The highest BCUT2D eigenvalue weighted by Gasteiger charge is 2.57. The third-order valence-corrected chi connectivity index (χ3v) is 14.6. The topological polar surface area (TPSA) is 152 Å². The number of nitrogens with one attached hydrogen (secondary N) is 1. The number of piperazine rings is 1. The molecule has 1 amide bonds. The lowest BCUT2D eigenvalue weighted by Crippen LogP contribution is -2.68. The Morgan fingerprint density at radius 3 is 2.38 bits per heavy atom. The predicted molar refractivity (Wildman–Crippen MR) is 247 cm³/mol. The van der Waals surface area contributed by atoms with Gasteiger partial charge in [0.05, 0.1) is 25.3 Å². The summed E-state index contributed by atoms with van der Waals surface area (Å²) in [6, 6.07) is 17.9. The van der Waals surface area contributed by atoms with Gasteiger partial charge in [0.15, 0.2) is 23.0 Å². The molecule has 9 rings (SSSR count). The average Bonchev–Trinajstić information content (AvgIpc) is 3.89. The van der Waals surface area contributed by atoms with E-state index in [4.69, 9.17) is 28.4 Å². The van der Waals surface area contributed by atoms with Crippen LogP contribution in [0.5, 0.6) is 28.7 Å². The first-order valence-electron chi connectivity index (χ1n) is 22.1. The molecule has 2 N–H and O–H groups in total. The van der Waals surface area contributed by atoms with Gasteiger partial charge in [0.1, 0.15) is 36.6 Å². The molecule has 14 heteroatoms. The van der Waals surface area contributed by atoms with Crippen molar-refractivity contribution in [2.24, 2.45) is 0 Å². The van der Waals surface area contributed by atoms with Crippen LogP contribution in [0.4, 0.5) is 4.79 Å². The molecule has 4 heterocycles. The summed E-state index contributed by atoms with van der Waals surface area (Å²) in [4.78, 5) is 32.4. The summed E-state index contributed by atoms with van der Waals surface area (Å²) in [5.74, 6) is 2.46. The number of methoxy groups -OCH3 is 1. The van der Waals surface area contributed by atoms with Crippen molar-refractivity contribution < 1.29 is 43.1 Å². The molecule has 5 aliphatic rings. The first kappa shape index (κ1) is 44.3. The maximum Gasteiger partial charge on any atom is 0.408 e. The number of alkyl carbamates (subject to hydrolysis) is 1. The number of benzene rings is 4. The predicted octanol–water partition coefficient (Wildman–Crippen LogP) is 8.06. The van der Waals surface area contributed by atoms with Crippen molar-refractivity contribution in [2.45, 2.75) is 95.2 Å². The molecule has 1 unspecified atom stereocenters. The van der Waals surface area contributed by atoms with Crippen LogP contribution in [-0.4, -0.2) is 102 Å². The zero-order valence-corrected chi connectivity index (χ0v) is 38.8. The number of hydrogen-bond donors (Lipinski definition) is 2. The van der Waals surface area contributed by atoms with Crippen LogP contribution in [0.25, 0.3) is 11.1 Å². The van der Waals surface area contributed by atoms with Gasteiger partial charge >= 0.3 is 12.1 Å². The van der Waals surface area contributed by atoms with E-state index in [0.717, 1.165) is 27.8 Å². The molecule has 0 saturated carbocycles. The maximum atomic E-state index is 14.7. The van der Waals surface area contributed by atoms with Crippen LogP contribution in [0.3, 0.4) is 0 Å². The van der Waals surface area contributed by atoms with E-state index in [9.17, 15) is 20.0 Å². The number of aromatic hydroxyl groups is 1. The summed E-state index contributed by atoms with van der Waals surface area (Å²) in [6.45, 7) is 13.1. The minimum absolute atomic E-state index is 0.0193. The van der Waals surface area contributed by atoms with Crippen molar-refractivity contribution in [2.75, 3.05) is 45.7 Å². The Morgan fingerprint density at radius 1 is 1.03 bits per heavy atom. The molecule has 13 nitrogen and oxygen atoms in total. The van der Waals surface area contributed by atoms with Crippen LogP contribution in [0.1, 0.15) is 83.3 Å². The molecule has 4 aromatic carbocycles. The number of nitrogens with zero attached hydrogens (tertiary/aromatic N) is 3. The number of rotatable bonds is 12. The molecule has 1 saturated heterocycles. The fraction of sp³-hybridized carbons (Fsp3) is 0.431. The van der Waals surface area contributed by atoms with Crippen molar-refractivity contribution in [3.05, 3.63) is 112 Å². The van der Waals surface area contributed by atoms with E-state index in [0.29, 0.717) is 47.2 Å². The van der Waals surface area contributed by atoms with Crippen LogP contribution in [-0.2, 0) is 27.1 Å². The summed E-state index contributed by atoms with van der Waals surface area (Å²) in [5.41, 5.74) is 8.88. The lowest BCUT2D eigenvalue weighted by molar-refractivity contribution is -0.151. The van der Waals surface area contributed by atoms with Gasteiger partial charge < -0.3 is 38.8 Å². The van der Waals surface area contributed by atoms with Crippen LogP contribution in [0.2, 0.25) is 0 Å². The number of amides is 1. The standard InChI is InChI=1S/C51H56N4O9S/c1-9-18-60-46-28(3)47-48(63-26-62-47)42-34(46)21-38-43-41-29(19-27(2)45(59-8)44(41)56)20-37(54(43)7)39(22-52)55(38)40(42)23-61-49(57)36(53-50(58)64-51(4,5)6)25-65-24-35-32-16-12-10-14-30(32)31-15-11-13-17-33(31)35/h9-17,19,35-40,43,56H,1,18,20-21,23-26H2,2-8H3,(H,53,58)/t36-,37-,38?,39+,40+,43+/m1/s1. The van der Waals surface area contributed by atoms with E-state index in [1.165, 1.54) is 22.3 Å². The fourth-order valence-electron chi connectivity index (χ4n) is 11.0. The molecule has 4 aliphatic heterocycles. The number of fused-ring (bicyclic) bond motifs is 12. The van der Waals surface area contributed by atoms with E-state index in [1.54, 1.807) is 45.7 Å². The number of phenolic OH excluding ortho intramolecular Hbond substituents is 1. The summed E-state index contributed by atoms with van der Waals surface area (Å²) < 4.78 is 36.6. The number of carbonyl (C=O) groups is 2. The smallest absolute Gasteiger partial charge is 0.408 e. The van der Waals surface area contributed by atoms with Crippen LogP contribution < -0.4 is 24.3 Å². The number of esters is 1. The zero-order valence-electron chi connectivity index (χ0n) is 37.9. The highest BCUT2D eigenvalue weighted by molar-refractivity contribution is 7.99. The number of likely N-dealkylation sites (N-methyl/N-ethyl adjacent to an activating group) is 1. The third kappa shape index (κ3) is 7.71. The monoisotopic (exact) mass is 900 g/mol. The molecule has 0 spiro atoms. The Bertz CT molecular complexity index is 2560. The number of ether oxygens (including phenoxy) is 6. The van der Waals surface area contributed by atoms with Crippen molar-refractivity contribution in [3.63, 3.8) is 0 Å². The van der Waals surface area contributed by atoms with Gasteiger partial charge in [0.2, 0.25) is 6.79 Å². The van der Waals surface area contributed by atoms with Crippen molar-refractivity contribution in [3.8, 4) is 45.9 Å². The molecule has 65 heavy (non-hydrogen) atoms. The summed E-state index contributed by atoms with van der Waals surface area (Å²) in [6.07, 6.45) is 1.85. The number of carbonyl (C=O) groups excluding carboxylic acids is 2. The normalized spacial score (nSPS) is 22.0. The molecular formula is C51H56N4O9S. The van der Waals surface area contributed by atoms with Crippen LogP contribution in [0, 0.1) is 25.2 Å². The van der Waals surface area contributed by atoms with Crippen molar-refractivity contribution in [1.82, 2.24) is 15.1 Å². The molecule has 6 atom stereocenters. The number of thioether (sulfide) groups is 1. The zero-order chi connectivity index (χ0) is 45.9. The Morgan fingerprint density at radius 2 is 1.72 bits per heavy atom. The Kier molecular flexibility index (Phi) is 11.9. The van der Waals surface area contributed by atoms with Gasteiger partial charge in [-0.3, -0.25) is 9.80 Å². The lowest BCUT2D eigenvalue weighted by atomic mass is 9.71. The first-order chi connectivity index (χ1) is 31.3. The Labute approximate surface area is 384 Å². The molecule has 340 valence electrons. The maximum absolute atomic E-state index is 14.7.